The summed E-state index contributed by atoms with van der Waals surface area (Å²) in [4.78, 5) is 0. The summed E-state index contributed by atoms with van der Waals surface area (Å²) in [7, 11) is 0. The summed E-state index contributed by atoms with van der Waals surface area (Å²) in [6.07, 6.45) is 3.99. The topological polar surface area (TPSA) is 38.0 Å². The molecule has 0 radical (unpaired) electrons. The Bertz CT molecular complexity index is 378. The summed E-state index contributed by atoms with van der Waals surface area (Å²) < 4.78 is 0. The van der Waals surface area contributed by atoms with Gasteiger partial charge in [0.25, 0.3) is 0 Å². The molecule has 2 rings (SSSR count). The molecule has 0 saturated heterocycles. The Morgan fingerprint density at radius 3 is 2.76 bits per heavy atom. The van der Waals surface area contributed by atoms with Gasteiger partial charge in [-0.05, 0) is 30.5 Å². The Morgan fingerprint density at radius 1 is 1.35 bits per heavy atom. The standard InChI is InChI=1S/C13H18Cl2N2/c14-11-3-1-2-10(13(11)15)12(8-16)17-7-6-9-4-5-9/h1-3,9,12,17H,4-8,16H2. The summed E-state index contributed by atoms with van der Waals surface area (Å²) in [5.74, 6) is 0.927. The van der Waals surface area contributed by atoms with E-state index in [0.29, 0.717) is 16.6 Å². The third-order valence-electron chi connectivity index (χ3n) is 3.23. The minimum atomic E-state index is 0.0972. The third-order valence-corrected chi connectivity index (χ3v) is 4.07. The first-order valence-electron chi connectivity index (χ1n) is 6.09. The second-order valence-corrected chi connectivity index (χ2v) is 5.40. The van der Waals surface area contributed by atoms with Gasteiger partial charge in [-0.3, -0.25) is 0 Å². The molecule has 1 fully saturated rings. The van der Waals surface area contributed by atoms with Gasteiger partial charge in [0.2, 0.25) is 0 Å². The maximum Gasteiger partial charge on any atom is 0.0640 e. The van der Waals surface area contributed by atoms with Crippen LogP contribution in [0.3, 0.4) is 0 Å². The lowest BCUT2D eigenvalue weighted by atomic mass is 10.1. The lowest BCUT2D eigenvalue weighted by Crippen LogP contribution is -2.29. The second-order valence-electron chi connectivity index (χ2n) is 4.62. The predicted octanol–water partition coefficient (Wildman–Crippen LogP) is 3.38. The van der Waals surface area contributed by atoms with Crippen LogP contribution in [0.25, 0.3) is 0 Å². The first kappa shape index (κ1) is 13.2. The molecule has 17 heavy (non-hydrogen) atoms. The number of hydrogen-bond acceptors (Lipinski definition) is 2. The highest BCUT2D eigenvalue weighted by Crippen LogP contribution is 2.33. The highest BCUT2D eigenvalue weighted by atomic mass is 35.5. The van der Waals surface area contributed by atoms with Crippen molar-refractivity contribution in [3.63, 3.8) is 0 Å². The number of hydrogen-bond donors (Lipinski definition) is 2. The average molecular weight is 273 g/mol. The SMILES string of the molecule is NCC(NCCC1CC1)c1cccc(Cl)c1Cl. The molecule has 4 heteroatoms. The van der Waals surface area contributed by atoms with Gasteiger partial charge >= 0.3 is 0 Å². The Kier molecular flexibility index (Phi) is 4.69. The van der Waals surface area contributed by atoms with Crippen LogP contribution in [0.5, 0.6) is 0 Å². The zero-order valence-electron chi connectivity index (χ0n) is 9.76. The van der Waals surface area contributed by atoms with Crippen LogP contribution in [0.4, 0.5) is 0 Å². The Morgan fingerprint density at radius 2 is 2.12 bits per heavy atom. The molecule has 0 amide bonds. The molecule has 1 aliphatic carbocycles. The highest BCUT2D eigenvalue weighted by molar-refractivity contribution is 6.42. The van der Waals surface area contributed by atoms with Crippen molar-refractivity contribution in [3.8, 4) is 0 Å². The molecule has 0 aromatic heterocycles. The van der Waals surface area contributed by atoms with Gasteiger partial charge in [0.1, 0.15) is 0 Å². The van der Waals surface area contributed by atoms with E-state index in [1.807, 2.05) is 12.1 Å². The lowest BCUT2D eigenvalue weighted by molar-refractivity contribution is 0.516. The molecule has 2 nitrogen and oxygen atoms in total. The van der Waals surface area contributed by atoms with E-state index >= 15 is 0 Å². The van der Waals surface area contributed by atoms with Gasteiger partial charge in [-0.15, -0.1) is 0 Å². The van der Waals surface area contributed by atoms with Crippen LogP contribution in [0.15, 0.2) is 18.2 Å². The van der Waals surface area contributed by atoms with Crippen molar-refractivity contribution >= 4 is 23.2 Å². The molecule has 0 heterocycles. The van der Waals surface area contributed by atoms with Gasteiger partial charge in [0, 0.05) is 12.6 Å². The van der Waals surface area contributed by atoms with Crippen molar-refractivity contribution < 1.29 is 0 Å². The molecule has 94 valence electrons. The fourth-order valence-corrected chi connectivity index (χ4v) is 2.42. The molecular weight excluding hydrogens is 255 g/mol. The van der Waals surface area contributed by atoms with E-state index in [9.17, 15) is 0 Å². The predicted molar refractivity (Wildman–Crippen MR) is 73.6 cm³/mol. The van der Waals surface area contributed by atoms with E-state index in [-0.39, 0.29) is 6.04 Å². The average Bonchev–Trinajstić information content (AvgIpc) is 3.13. The fraction of sp³-hybridized carbons (Fsp3) is 0.538. The van der Waals surface area contributed by atoms with Crippen molar-refractivity contribution in [2.45, 2.75) is 25.3 Å². The summed E-state index contributed by atoms with van der Waals surface area (Å²) in [5.41, 5.74) is 6.79. The molecule has 1 aromatic rings. The van der Waals surface area contributed by atoms with Crippen molar-refractivity contribution in [1.82, 2.24) is 5.32 Å². The first-order valence-corrected chi connectivity index (χ1v) is 6.85. The van der Waals surface area contributed by atoms with Crippen LogP contribution in [0, 0.1) is 5.92 Å². The molecule has 0 bridgehead atoms. The zero-order valence-corrected chi connectivity index (χ0v) is 11.3. The second kappa shape index (κ2) is 6.05. The van der Waals surface area contributed by atoms with Crippen LogP contribution < -0.4 is 11.1 Å². The Labute approximate surface area is 112 Å². The molecular formula is C13H18Cl2N2. The van der Waals surface area contributed by atoms with Crippen LogP contribution >= 0.6 is 23.2 Å². The largest absolute Gasteiger partial charge is 0.329 e. The lowest BCUT2D eigenvalue weighted by Gasteiger charge is -2.19. The maximum absolute atomic E-state index is 6.19. The molecule has 1 atom stereocenters. The van der Waals surface area contributed by atoms with E-state index in [2.05, 4.69) is 5.32 Å². The monoisotopic (exact) mass is 272 g/mol. The zero-order chi connectivity index (χ0) is 12.3. The smallest absolute Gasteiger partial charge is 0.0640 e. The first-order chi connectivity index (χ1) is 8.22. The van der Waals surface area contributed by atoms with E-state index in [4.69, 9.17) is 28.9 Å². The van der Waals surface area contributed by atoms with Crippen molar-refractivity contribution in [3.05, 3.63) is 33.8 Å². The van der Waals surface area contributed by atoms with Gasteiger partial charge in [0.15, 0.2) is 0 Å². The minimum absolute atomic E-state index is 0.0972. The quantitative estimate of drug-likeness (QED) is 0.833. The molecule has 3 N–H and O–H groups in total. The number of nitrogens with two attached hydrogens (primary N) is 1. The van der Waals surface area contributed by atoms with E-state index in [1.54, 1.807) is 6.07 Å². The van der Waals surface area contributed by atoms with E-state index < -0.39 is 0 Å². The molecule has 0 spiro atoms. The highest BCUT2D eigenvalue weighted by Gasteiger charge is 2.21. The summed E-state index contributed by atoms with van der Waals surface area (Å²) in [6, 6.07) is 5.79. The van der Waals surface area contributed by atoms with Gasteiger partial charge in [0.05, 0.1) is 10.0 Å². The molecule has 1 aliphatic rings. The number of rotatable bonds is 6. The van der Waals surface area contributed by atoms with Crippen molar-refractivity contribution in [1.29, 1.82) is 0 Å². The summed E-state index contributed by atoms with van der Waals surface area (Å²) in [5, 5.41) is 4.66. The normalized spacial score (nSPS) is 17.1. The van der Waals surface area contributed by atoms with Crippen LogP contribution in [-0.2, 0) is 0 Å². The van der Waals surface area contributed by atoms with Crippen LogP contribution in [0.1, 0.15) is 30.9 Å². The fourth-order valence-electron chi connectivity index (χ4n) is 1.98. The number of nitrogens with one attached hydrogen (secondary N) is 1. The molecule has 1 saturated carbocycles. The summed E-state index contributed by atoms with van der Waals surface area (Å²) >= 11 is 12.2. The number of halogens is 2. The van der Waals surface area contributed by atoms with Gasteiger partial charge < -0.3 is 11.1 Å². The Balaban J connectivity index is 1.97. The molecule has 0 aliphatic heterocycles. The number of benzene rings is 1. The van der Waals surface area contributed by atoms with Gasteiger partial charge in [-0.2, -0.15) is 0 Å². The van der Waals surface area contributed by atoms with E-state index in [0.717, 1.165) is 18.0 Å². The van der Waals surface area contributed by atoms with Crippen molar-refractivity contribution in [2.75, 3.05) is 13.1 Å². The van der Waals surface area contributed by atoms with Crippen LogP contribution in [-0.4, -0.2) is 13.1 Å². The summed E-state index contributed by atoms with van der Waals surface area (Å²) in [6.45, 7) is 1.53. The third kappa shape index (κ3) is 3.59. The van der Waals surface area contributed by atoms with Gasteiger partial charge in [-0.25, -0.2) is 0 Å². The van der Waals surface area contributed by atoms with Gasteiger partial charge in [-0.1, -0.05) is 48.2 Å². The maximum atomic E-state index is 6.19. The Hall–Kier alpha value is -0.280. The molecule has 1 aromatic carbocycles. The van der Waals surface area contributed by atoms with Crippen LogP contribution in [0.2, 0.25) is 10.0 Å². The minimum Gasteiger partial charge on any atom is -0.329 e. The van der Waals surface area contributed by atoms with E-state index in [1.165, 1.54) is 19.3 Å². The van der Waals surface area contributed by atoms with Crippen molar-refractivity contribution in [2.24, 2.45) is 11.7 Å². The molecule has 1 unspecified atom stereocenters.